The summed E-state index contributed by atoms with van der Waals surface area (Å²) in [5, 5.41) is 0. The largest absolute Gasteiger partial charge is 0.480 e. The zero-order valence-corrected chi connectivity index (χ0v) is 7.92. The predicted octanol–water partition coefficient (Wildman–Crippen LogP) is 1.68. The first kappa shape index (κ1) is 10.4. The smallest absolute Gasteiger partial charge is 0.227 e. The summed E-state index contributed by atoms with van der Waals surface area (Å²) in [6.07, 6.45) is 0. The molecule has 0 aliphatic rings. The van der Waals surface area contributed by atoms with Crippen LogP contribution in [0, 0.1) is 6.92 Å². The summed E-state index contributed by atoms with van der Waals surface area (Å²) in [4.78, 5) is 4.12. The number of pyridine rings is 1. The highest BCUT2D eigenvalue weighted by Gasteiger charge is 1.98. The van der Waals surface area contributed by atoms with E-state index >= 15 is 0 Å². The first-order valence-corrected chi connectivity index (χ1v) is 3.70. The molecule has 0 atom stereocenters. The molecule has 0 saturated carbocycles. The van der Waals surface area contributed by atoms with Crippen LogP contribution in [0.1, 0.15) is 5.69 Å². The average molecular weight is 216 g/mol. The van der Waals surface area contributed by atoms with Crippen LogP contribution in [0.25, 0.3) is 0 Å². The second-order valence-electron chi connectivity index (χ2n) is 1.94. The third-order valence-corrected chi connectivity index (χ3v) is 1.75. The van der Waals surface area contributed by atoms with Gasteiger partial charge in [0.15, 0.2) is 0 Å². The first-order valence-electron chi connectivity index (χ1n) is 2.91. The Morgan fingerprint density at radius 3 is 2.55 bits per heavy atom. The summed E-state index contributed by atoms with van der Waals surface area (Å²) >= 11 is 3.30. The molecule has 0 saturated heterocycles. The van der Waals surface area contributed by atoms with Gasteiger partial charge in [0.2, 0.25) is 5.88 Å². The molecule has 11 heavy (non-hydrogen) atoms. The van der Waals surface area contributed by atoms with E-state index in [1.54, 1.807) is 7.11 Å². The van der Waals surface area contributed by atoms with Crippen molar-refractivity contribution in [1.29, 1.82) is 0 Å². The fourth-order valence-corrected chi connectivity index (χ4v) is 1.04. The molecule has 1 rings (SSSR count). The summed E-state index contributed by atoms with van der Waals surface area (Å²) in [6.45, 7) is 1.93. The van der Waals surface area contributed by atoms with Gasteiger partial charge in [-0.15, -0.1) is 0 Å². The van der Waals surface area contributed by atoms with Crippen molar-refractivity contribution in [2.75, 3.05) is 7.11 Å². The van der Waals surface area contributed by atoms with Crippen LogP contribution in [0.3, 0.4) is 0 Å². The van der Waals surface area contributed by atoms with E-state index in [2.05, 4.69) is 20.9 Å². The topological polar surface area (TPSA) is 52.6 Å². The Bertz CT molecular complexity index is 240. The van der Waals surface area contributed by atoms with Crippen molar-refractivity contribution in [3.8, 4) is 5.88 Å². The number of aromatic nitrogens is 1. The quantitative estimate of drug-likeness (QED) is 0.716. The first-order chi connectivity index (χ1) is 4.74. The normalized spacial score (nSPS) is 8.64. The molecule has 0 fully saturated rings. The molecule has 59 valence electrons. The van der Waals surface area contributed by atoms with E-state index < -0.39 is 0 Å². The van der Waals surface area contributed by atoms with E-state index in [0.717, 1.165) is 10.2 Å². The van der Waals surface area contributed by atoms with E-state index in [1.165, 1.54) is 0 Å². The van der Waals surface area contributed by atoms with Crippen LogP contribution >= 0.6 is 15.9 Å². The number of halogens is 1. The second-order valence-corrected chi connectivity index (χ2v) is 2.80. The summed E-state index contributed by atoms with van der Waals surface area (Å²) in [5.74, 6) is 0.639. The highest BCUT2D eigenvalue weighted by atomic mass is 79.9. The van der Waals surface area contributed by atoms with Crippen LogP contribution in [0.4, 0.5) is 0 Å². The van der Waals surface area contributed by atoms with Crippen molar-refractivity contribution in [3.63, 3.8) is 0 Å². The predicted molar refractivity (Wildman–Crippen MR) is 45.4 cm³/mol. The lowest BCUT2D eigenvalue weighted by molar-refractivity contribution is 0.394. The molecular weight excluding hydrogens is 208 g/mol. The Labute approximate surface area is 74.5 Å². The van der Waals surface area contributed by atoms with Crippen molar-refractivity contribution in [3.05, 3.63) is 22.3 Å². The number of hydrogen-bond acceptors (Lipinski definition) is 2. The van der Waals surface area contributed by atoms with E-state index in [4.69, 9.17) is 4.74 Å². The van der Waals surface area contributed by atoms with Gasteiger partial charge in [-0.2, -0.15) is 0 Å². The number of ether oxygens (including phenoxy) is 1. The molecule has 0 aliphatic heterocycles. The Balaban J connectivity index is 0.000001000. The molecule has 4 heteroatoms. The minimum absolute atomic E-state index is 0. The maximum absolute atomic E-state index is 4.97. The molecule has 0 aliphatic carbocycles. The lowest BCUT2D eigenvalue weighted by Gasteiger charge is -2.00. The fraction of sp³-hybridized carbons (Fsp3) is 0.286. The summed E-state index contributed by atoms with van der Waals surface area (Å²) in [6, 6.07) is 3.84. The van der Waals surface area contributed by atoms with Crippen molar-refractivity contribution >= 4 is 15.9 Å². The third kappa shape index (κ3) is 2.48. The molecule has 3 nitrogen and oxygen atoms in total. The molecule has 1 heterocycles. The molecule has 0 N–H and O–H groups in total. The Morgan fingerprint density at radius 2 is 2.09 bits per heavy atom. The molecule has 3 radical (unpaired) electrons. The summed E-state index contributed by atoms with van der Waals surface area (Å²) < 4.78 is 5.86. The van der Waals surface area contributed by atoms with Gasteiger partial charge in [0.1, 0.15) is 0 Å². The van der Waals surface area contributed by atoms with Gasteiger partial charge in [-0.25, -0.2) is 4.98 Å². The minimum atomic E-state index is 0. The van der Waals surface area contributed by atoms with Gasteiger partial charge >= 0.3 is 0 Å². The van der Waals surface area contributed by atoms with E-state index in [9.17, 15) is 0 Å². The minimum Gasteiger partial charge on any atom is -0.480 e. The van der Waals surface area contributed by atoms with Gasteiger partial charge < -0.3 is 4.74 Å². The number of aryl methyl sites for hydroxylation is 1. The van der Waals surface area contributed by atoms with Crippen molar-refractivity contribution in [2.45, 2.75) is 6.92 Å². The SMILES string of the molecule is COc1nc(C)ccc1Br.[N]. The monoisotopic (exact) mass is 215 g/mol. The number of methoxy groups -OCH3 is 1. The van der Waals surface area contributed by atoms with Gasteiger partial charge in [0, 0.05) is 11.8 Å². The van der Waals surface area contributed by atoms with Gasteiger partial charge in [-0.1, -0.05) is 0 Å². The molecule has 0 aromatic carbocycles. The van der Waals surface area contributed by atoms with Crippen molar-refractivity contribution in [1.82, 2.24) is 11.1 Å². The van der Waals surface area contributed by atoms with Gasteiger partial charge in [-0.3, -0.25) is 0 Å². The van der Waals surface area contributed by atoms with Crippen molar-refractivity contribution < 1.29 is 4.74 Å². The number of hydrogen-bond donors (Lipinski definition) is 0. The highest BCUT2D eigenvalue weighted by Crippen LogP contribution is 2.21. The summed E-state index contributed by atoms with van der Waals surface area (Å²) in [7, 11) is 1.60. The van der Waals surface area contributed by atoms with Crippen molar-refractivity contribution in [2.24, 2.45) is 0 Å². The average Bonchev–Trinajstić information content (AvgIpc) is 1.94. The fourth-order valence-electron chi connectivity index (χ4n) is 0.659. The highest BCUT2D eigenvalue weighted by molar-refractivity contribution is 9.10. The third-order valence-electron chi connectivity index (χ3n) is 1.15. The lowest BCUT2D eigenvalue weighted by Crippen LogP contribution is -1.89. The van der Waals surface area contributed by atoms with Gasteiger partial charge in [-0.05, 0) is 35.0 Å². The van der Waals surface area contributed by atoms with E-state index in [-0.39, 0.29) is 6.15 Å². The van der Waals surface area contributed by atoms with E-state index in [1.807, 2.05) is 19.1 Å². The van der Waals surface area contributed by atoms with Crippen LogP contribution in [-0.4, -0.2) is 12.1 Å². The molecule has 0 spiro atoms. The number of nitrogens with zero attached hydrogens (tertiary/aromatic N) is 2. The second kappa shape index (κ2) is 4.31. The molecule has 0 amide bonds. The lowest BCUT2D eigenvalue weighted by atomic mass is 10.4. The maximum atomic E-state index is 4.97. The zero-order chi connectivity index (χ0) is 7.56. The van der Waals surface area contributed by atoms with Crippen LogP contribution in [0.5, 0.6) is 5.88 Å². The standard InChI is InChI=1S/C7H8BrNO.N/c1-5-3-4-6(8)7(9-5)10-2;/h3-4H,1-2H3;. The van der Waals surface area contributed by atoms with Gasteiger partial charge in [0.05, 0.1) is 11.6 Å². The Hall–Kier alpha value is -0.610. The Kier molecular flexibility index (Phi) is 4.07. The maximum Gasteiger partial charge on any atom is 0.227 e. The number of rotatable bonds is 1. The molecule has 0 unspecified atom stereocenters. The van der Waals surface area contributed by atoms with Crippen LogP contribution in [0.15, 0.2) is 16.6 Å². The zero-order valence-electron chi connectivity index (χ0n) is 6.34. The molecule has 0 bridgehead atoms. The molecule has 1 aromatic rings. The Morgan fingerprint density at radius 1 is 1.45 bits per heavy atom. The molecular formula is C7H8BrN2O. The van der Waals surface area contributed by atoms with E-state index in [0.29, 0.717) is 5.88 Å². The van der Waals surface area contributed by atoms with Gasteiger partial charge in [0.25, 0.3) is 0 Å². The van der Waals surface area contributed by atoms with Crippen LogP contribution < -0.4 is 10.9 Å². The van der Waals surface area contributed by atoms with Crippen LogP contribution in [-0.2, 0) is 0 Å². The summed E-state index contributed by atoms with van der Waals surface area (Å²) in [5.41, 5.74) is 0.958. The van der Waals surface area contributed by atoms with Crippen LogP contribution in [0.2, 0.25) is 0 Å². The molecule has 1 aromatic heterocycles.